The molecule has 2 N–H and O–H groups in total. The molecule has 0 saturated heterocycles. The first-order chi connectivity index (χ1) is 9.11. The fourth-order valence-electron chi connectivity index (χ4n) is 1.72. The maximum atomic E-state index is 6.25. The van der Waals surface area contributed by atoms with E-state index >= 15 is 0 Å². The maximum Gasteiger partial charge on any atom is 0.0603 e. The van der Waals surface area contributed by atoms with Crippen molar-refractivity contribution >= 4 is 46.3 Å². The molecule has 2 aromatic rings. The molecule has 2 rings (SSSR count). The summed E-state index contributed by atoms with van der Waals surface area (Å²) in [6, 6.07) is 10.0. The molecule has 1 aromatic heterocycles. The summed E-state index contributed by atoms with van der Waals surface area (Å²) in [5.41, 5.74) is 6.25. The Balaban J connectivity index is 2.23. The highest BCUT2D eigenvalue weighted by atomic mass is 35.5. The Labute approximate surface area is 132 Å². The third-order valence-electron chi connectivity index (χ3n) is 2.84. The van der Waals surface area contributed by atoms with E-state index in [-0.39, 0.29) is 11.3 Å². The quantitative estimate of drug-likeness (QED) is 0.719. The Bertz CT molecular complexity index is 528. The molecule has 0 aliphatic carbocycles. The first-order valence-corrected chi connectivity index (χ1v) is 8.54. The number of benzene rings is 1. The third-order valence-corrected chi connectivity index (χ3v) is 6.07. The molecule has 0 bridgehead atoms. The minimum atomic E-state index is 0.123. The van der Waals surface area contributed by atoms with Crippen LogP contribution in [0.2, 0.25) is 10.0 Å². The van der Waals surface area contributed by atoms with Crippen molar-refractivity contribution in [3.05, 3.63) is 50.6 Å². The van der Waals surface area contributed by atoms with Gasteiger partial charge in [0.1, 0.15) is 0 Å². The summed E-state index contributed by atoms with van der Waals surface area (Å²) in [5.74, 6) is 0. The molecule has 2 unspecified atom stereocenters. The molecule has 102 valence electrons. The van der Waals surface area contributed by atoms with Gasteiger partial charge in [0.2, 0.25) is 0 Å². The number of hydrogen-bond donors (Lipinski definition) is 1. The van der Waals surface area contributed by atoms with Crippen molar-refractivity contribution in [2.45, 2.75) is 29.5 Å². The zero-order valence-corrected chi connectivity index (χ0v) is 13.6. The largest absolute Gasteiger partial charge is 0.326 e. The fraction of sp³-hybridized carbons (Fsp3) is 0.286. The zero-order valence-electron chi connectivity index (χ0n) is 10.5. The molecule has 5 heteroatoms. The predicted molar refractivity (Wildman–Crippen MR) is 87.6 cm³/mol. The summed E-state index contributed by atoms with van der Waals surface area (Å²) in [6.07, 6.45) is 0.941. The van der Waals surface area contributed by atoms with Crippen LogP contribution in [-0.2, 0) is 0 Å². The summed E-state index contributed by atoms with van der Waals surface area (Å²) < 4.78 is 0. The maximum absolute atomic E-state index is 6.25. The molecule has 19 heavy (non-hydrogen) atoms. The van der Waals surface area contributed by atoms with E-state index in [2.05, 4.69) is 24.4 Å². The van der Waals surface area contributed by atoms with Crippen LogP contribution in [0.5, 0.6) is 0 Å². The minimum Gasteiger partial charge on any atom is -0.326 e. The topological polar surface area (TPSA) is 26.0 Å². The first kappa shape index (κ1) is 15.2. The van der Waals surface area contributed by atoms with E-state index in [1.54, 1.807) is 23.1 Å². The van der Waals surface area contributed by atoms with Crippen LogP contribution in [0.3, 0.4) is 0 Å². The van der Waals surface area contributed by atoms with Gasteiger partial charge in [-0.15, -0.1) is 23.1 Å². The zero-order chi connectivity index (χ0) is 13.8. The van der Waals surface area contributed by atoms with E-state index in [9.17, 15) is 0 Å². The van der Waals surface area contributed by atoms with Gasteiger partial charge in [-0.1, -0.05) is 36.2 Å². The van der Waals surface area contributed by atoms with Crippen LogP contribution < -0.4 is 5.73 Å². The molecular formula is C14H15Cl2NS2. The van der Waals surface area contributed by atoms with Gasteiger partial charge in [-0.05, 0) is 36.1 Å². The third kappa shape index (κ3) is 3.89. The molecule has 1 nitrogen and oxygen atoms in total. The van der Waals surface area contributed by atoms with Gasteiger partial charge in [0, 0.05) is 15.8 Å². The van der Waals surface area contributed by atoms with Crippen LogP contribution in [0.15, 0.2) is 40.6 Å². The van der Waals surface area contributed by atoms with Crippen molar-refractivity contribution < 1.29 is 0 Å². The second-order valence-corrected chi connectivity index (χ2v) is 7.21. The molecule has 0 amide bonds. The van der Waals surface area contributed by atoms with Gasteiger partial charge in [-0.3, -0.25) is 0 Å². The lowest BCUT2D eigenvalue weighted by atomic mass is 10.1. The average molecular weight is 332 g/mol. The first-order valence-electron chi connectivity index (χ1n) is 6.02. The molecule has 1 aromatic carbocycles. The van der Waals surface area contributed by atoms with Crippen molar-refractivity contribution in [2.75, 3.05) is 0 Å². The van der Waals surface area contributed by atoms with Crippen molar-refractivity contribution in [1.29, 1.82) is 0 Å². The Hall–Kier alpha value is -0.190. The summed E-state index contributed by atoms with van der Waals surface area (Å²) >= 11 is 15.5. The number of rotatable bonds is 5. The van der Waals surface area contributed by atoms with Crippen LogP contribution in [-0.4, -0.2) is 6.04 Å². The molecule has 0 spiro atoms. The number of thioether (sulfide) groups is 1. The van der Waals surface area contributed by atoms with Crippen molar-refractivity contribution in [3.8, 4) is 0 Å². The second kappa shape index (κ2) is 7.00. The Morgan fingerprint density at radius 2 is 2.05 bits per heavy atom. The molecular weight excluding hydrogens is 317 g/mol. The summed E-state index contributed by atoms with van der Waals surface area (Å²) in [6.45, 7) is 2.11. The van der Waals surface area contributed by atoms with Crippen molar-refractivity contribution in [1.82, 2.24) is 0 Å². The highest BCUT2D eigenvalue weighted by molar-refractivity contribution is 7.99. The highest BCUT2D eigenvalue weighted by Crippen LogP contribution is 2.41. The monoisotopic (exact) mass is 331 g/mol. The minimum absolute atomic E-state index is 0.123. The van der Waals surface area contributed by atoms with Crippen molar-refractivity contribution in [2.24, 2.45) is 5.73 Å². The smallest absolute Gasteiger partial charge is 0.0603 e. The van der Waals surface area contributed by atoms with Gasteiger partial charge in [0.05, 0.1) is 15.3 Å². The van der Waals surface area contributed by atoms with Gasteiger partial charge in [-0.25, -0.2) is 0 Å². The van der Waals surface area contributed by atoms with E-state index in [0.29, 0.717) is 10.0 Å². The number of thiophene rings is 1. The summed E-state index contributed by atoms with van der Waals surface area (Å²) in [5, 5.41) is 3.50. The molecule has 0 fully saturated rings. The van der Waals surface area contributed by atoms with Crippen LogP contribution >= 0.6 is 46.3 Å². The SMILES string of the molecule is CCC(N)C(Sc1ccc(Cl)c(Cl)c1)c1cccs1. The van der Waals surface area contributed by atoms with Gasteiger partial charge in [0.25, 0.3) is 0 Å². The average Bonchev–Trinajstić information content (AvgIpc) is 2.93. The van der Waals surface area contributed by atoms with Crippen LogP contribution in [0.1, 0.15) is 23.5 Å². The number of nitrogens with two attached hydrogens (primary N) is 1. The lowest BCUT2D eigenvalue weighted by Crippen LogP contribution is -2.25. The van der Waals surface area contributed by atoms with Crippen LogP contribution in [0.4, 0.5) is 0 Å². The number of halogens is 2. The van der Waals surface area contributed by atoms with Crippen LogP contribution in [0.25, 0.3) is 0 Å². The standard InChI is InChI=1S/C14H15Cl2NS2/c1-2-12(17)14(13-4-3-7-18-13)19-9-5-6-10(15)11(16)8-9/h3-8,12,14H,2,17H2,1H3. The van der Waals surface area contributed by atoms with Gasteiger partial charge in [-0.2, -0.15) is 0 Å². The lowest BCUT2D eigenvalue weighted by molar-refractivity contribution is 0.640. The molecule has 0 saturated carbocycles. The molecule has 0 radical (unpaired) electrons. The Morgan fingerprint density at radius 1 is 1.26 bits per heavy atom. The molecule has 2 atom stereocenters. The predicted octanol–water partition coefficient (Wildman–Crippen LogP) is 5.63. The fourth-order valence-corrected chi connectivity index (χ4v) is 4.36. The van der Waals surface area contributed by atoms with E-state index < -0.39 is 0 Å². The Kier molecular flexibility index (Phi) is 5.60. The van der Waals surface area contributed by atoms with E-state index in [0.717, 1.165) is 11.3 Å². The summed E-state index contributed by atoms with van der Waals surface area (Å²) in [7, 11) is 0. The van der Waals surface area contributed by atoms with Gasteiger partial charge < -0.3 is 5.73 Å². The van der Waals surface area contributed by atoms with Gasteiger partial charge in [0.15, 0.2) is 0 Å². The molecule has 0 aliphatic rings. The second-order valence-electron chi connectivity index (χ2n) is 4.20. The number of hydrogen-bond acceptors (Lipinski definition) is 3. The lowest BCUT2D eigenvalue weighted by Gasteiger charge is -2.21. The van der Waals surface area contributed by atoms with Crippen molar-refractivity contribution in [3.63, 3.8) is 0 Å². The molecule has 0 aliphatic heterocycles. The van der Waals surface area contributed by atoms with E-state index in [1.807, 2.05) is 18.2 Å². The molecule has 1 heterocycles. The van der Waals surface area contributed by atoms with E-state index in [4.69, 9.17) is 28.9 Å². The van der Waals surface area contributed by atoms with Crippen LogP contribution in [0, 0.1) is 0 Å². The normalized spacial score (nSPS) is 14.3. The highest BCUT2D eigenvalue weighted by Gasteiger charge is 2.21. The van der Waals surface area contributed by atoms with Gasteiger partial charge >= 0.3 is 0 Å². The summed E-state index contributed by atoms with van der Waals surface area (Å²) in [4.78, 5) is 2.39. The Morgan fingerprint density at radius 3 is 2.63 bits per heavy atom. The van der Waals surface area contributed by atoms with E-state index in [1.165, 1.54) is 4.88 Å².